The number of nitrogens with one attached hydrogen (secondary N) is 2. The van der Waals surface area contributed by atoms with E-state index in [1.54, 1.807) is 0 Å². The molecular formula is C22H29N3O3. The number of hydrogen-bond acceptors (Lipinski definition) is 4. The van der Waals surface area contributed by atoms with E-state index < -0.39 is 17.4 Å². The minimum absolute atomic E-state index is 0.123. The third-order valence-corrected chi connectivity index (χ3v) is 6.90. The largest absolute Gasteiger partial charge is 0.324 e. The van der Waals surface area contributed by atoms with E-state index in [0.717, 1.165) is 35.2 Å². The van der Waals surface area contributed by atoms with Gasteiger partial charge in [-0.1, -0.05) is 39.3 Å². The van der Waals surface area contributed by atoms with Crippen molar-refractivity contribution in [2.24, 2.45) is 17.8 Å². The molecule has 6 heteroatoms. The zero-order chi connectivity index (χ0) is 20.4. The number of anilines is 1. The number of likely N-dealkylation sites (tertiary alicyclic amines) is 1. The van der Waals surface area contributed by atoms with E-state index in [-0.39, 0.29) is 29.7 Å². The first-order chi connectivity index (χ1) is 13.3. The summed E-state index contributed by atoms with van der Waals surface area (Å²) in [7, 11) is 0. The van der Waals surface area contributed by atoms with Crippen LogP contribution in [0.2, 0.25) is 0 Å². The summed E-state index contributed by atoms with van der Waals surface area (Å²) in [5.74, 6) is -1.61. The lowest BCUT2D eigenvalue weighted by Crippen LogP contribution is -2.54. The number of hydrogen-bond donors (Lipinski definition) is 2. The van der Waals surface area contributed by atoms with Crippen LogP contribution in [0.3, 0.4) is 0 Å². The minimum Gasteiger partial charge on any atom is -0.324 e. The average Bonchev–Trinajstić information content (AvgIpc) is 3.23. The summed E-state index contributed by atoms with van der Waals surface area (Å²) in [5.41, 5.74) is 2.52. The Kier molecular flexibility index (Phi) is 4.38. The molecule has 1 spiro atoms. The number of rotatable bonds is 4. The van der Waals surface area contributed by atoms with Gasteiger partial charge in [-0.05, 0) is 37.3 Å². The molecule has 28 heavy (non-hydrogen) atoms. The second-order valence-electron chi connectivity index (χ2n) is 8.79. The number of unbranched alkanes of at least 4 members (excludes halogenated alkanes) is 1. The van der Waals surface area contributed by atoms with Gasteiger partial charge < -0.3 is 5.32 Å². The van der Waals surface area contributed by atoms with E-state index in [1.165, 1.54) is 4.90 Å². The van der Waals surface area contributed by atoms with E-state index in [0.29, 0.717) is 6.54 Å². The fourth-order valence-corrected chi connectivity index (χ4v) is 5.22. The van der Waals surface area contributed by atoms with Crippen molar-refractivity contribution >= 4 is 23.4 Å². The quantitative estimate of drug-likeness (QED) is 0.783. The van der Waals surface area contributed by atoms with Gasteiger partial charge in [0.15, 0.2) is 0 Å². The van der Waals surface area contributed by atoms with Crippen molar-refractivity contribution in [2.75, 3.05) is 11.9 Å². The molecule has 0 radical (unpaired) electrons. The highest BCUT2D eigenvalue weighted by atomic mass is 16.2. The summed E-state index contributed by atoms with van der Waals surface area (Å²) >= 11 is 0. The Morgan fingerprint density at radius 1 is 1.14 bits per heavy atom. The molecule has 2 fully saturated rings. The molecule has 4 rings (SSSR count). The van der Waals surface area contributed by atoms with Crippen LogP contribution in [0.1, 0.15) is 50.3 Å². The molecule has 3 amide bonds. The molecule has 0 saturated carbocycles. The lowest BCUT2D eigenvalue weighted by atomic mass is 9.75. The Balaban J connectivity index is 1.88. The smallest absolute Gasteiger partial charge is 0.250 e. The van der Waals surface area contributed by atoms with Gasteiger partial charge >= 0.3 is 0 Å². The van der Waals surface area contributed by atoms with Gasteiger partial charge in [-0.15, -0.1) is 0 Å². The predicted molar refractivity (Wildman–Crippen MR) is 107 cm³/mol. The Morgan fingerprint density at radius 3 is 2.50 bits per heavy atom. The summed E-state index contributed by atoms with van der Waals surface area (Å²) in [4.78, 5) is 41.4. The van der Waals surface area contributed by atoms with E-state index in [1.807, 2.05) is 46.8 Å². The molecule has 2 saturated heterocycles. The summed E-state index contributed by atoms with van der Waals surface area (Å²) in [6.45, 7) is 10.5. The number of nitrogens with zero attached hydrogens (tertiary/aromatic N) is 1. The zero-order valence-electron chi connectivity index (χ0n) is 17.3. The van der Waals surface area contributed by atoms with Crippen LogP contribution in [0.5, 0.6) is 0 Å². The molecule has 1 aromatic carbocycles. The molecule has 1 aromatic rings. The summed E-state index contributed by atoms with van der Waals surface area (Å²) in [6.07, 6.45) is 1.69. The summed E-state index contributed by atoms with van der Waals surface area (Å²) < 4.78 is 0. The number of amides is 3. The predicted octanol–water partition coefficient (Wildman–Crippen LogP) is 2.48. The maximum Gasteiger partial charge on any atom is 0.250 e. The molecule has 3 aliphatic rings. The Hall–Kier alpha value is -2.21. The SMILES string of the molecule is CCCCN1C(=O)C2C(C(C)C)NC3(C(=O)Nc4c3ccc(C)c4C)C2C1=O. The van der Waals surface area contributed by atoms with Crippen molar-refractivity contribution in [3.63, 3.8) is 0 Å². The monoisotopic (exact) mass is 383 g/mol. The lowest BCUT2D eigenvalue weighted by Gasteiger charge is -2.30. The molecule has 3 aliphatic heterocycles. The van der Waals surface area contributed by atoms with Crippen LogP contribution in [0, 0.1) is 31.6 Å². The van der Waals surface area contributed by atoms with Crippen molar-refractivity contribution in [1.29, 1.82) is 0 Å². The van der Waals surface area contributed by atoms with Gasteiger partial charge in [0.2, 0.25) is 17.7 Å². The Bertz CT molecular complexity index is 878. The molecule has 6 nitrogen and oxygen atoms in total. The molecular weight excluding hydrogens is 354 g/mol. The maximum atomic E-state index is 13.4. The number of carbonyl (C=O) groups excluding carboxylic acids is 3. The lowest BCUT2D eigenvalue weighted by molar-refractivity contribution is -0.143. The van der Waals surface area contributed by atoms with Crippen LogP contribution in [-0.4, -0.2) is 35.2 Å². The number of carbonyl (C=O) groups is 3. The van der Waals surface area contributed by atoms with Gasteiger partial charge in [-0.3, -0.25) is 24.6 Å². The first-order valence-electron chi connectivity index (χ1n) is 10.3. The normalized spacial score (nSPS) is 31.1. The van der Waals surface area contributed by atoms with Crippen molar-refractivity contribution in [3.8, 4) is 0 Å². The van der Waals surface area contributed by atoms with Gasteiger partial charge in [0, 0.05) is 23.8 Å². The highest BCUT2D eigenvalue weighted by Crippen LogP contribution is 2.54. The molecule has 4 unspecified atom stereocenters. The molecule has 3 heterocycles. The van der Waals surface area contributed by atoms with Crippen LogP contribution in [0.15, 0.2) is 12.1 Å². The van der Waals surface area contributed by atoms with Gasteiger partial charge in [0.05, 0.1) is 11.8 Å². The van der Waals surface area contributed by atoms with Crippen LogP contribution in [0.4, 0.5) is 5.69 Å². The van der Waals surface area contributed by atoms with Crippen LogP contribution in [-0.2, 0) is 19.9 Å². The number of fused-ring (bicyclic) bond motifs is 4. The van der Waals surface area contributed by atoms with E-state index in [4.69, 9.17) is 0 Å². The number of imide groups is 1. The van der Waals surface area contributed by atoms with Crippen LogP contribution in [0.25, 0.3) is 0 Å². The third kappa shape index (κ3) is 2.27. The van der Waals surface area contributed by atoms with Gasteiger partial charge in [-0.2, -0.15) is 0 Å². The highest BCUT2D eigenvalue weighted by molar-refractivity contribution is 6.15. The second-order valence-corrected chi connectivity index (χ2v) is 8.79. The van der Waals surface area contributed by atoms with Crippen LogP contribution < -0.4 is 10.6 Å². The van der Waals surface area contributed by atoms with Gasteiger partial charge in [0.1, 0.15) is 5.54 Å². The van der Waals surface area contributed by atoms with Crippen molar-refractivity contribution < 1.29 is 14.4 Å². The van der Waals surface area contributed by atoms with E-state index in [2.05, 4.69) is 10.6 Å². The Morgan fingerprint density at radius 2 is 1.86 bits per heavy atom. The topological polar surface area (TPSA) is 78.5 Å². The zero-order valence-corrected chi connectivity index (χ0v) is 17.3. The molecule has 4 atom stereocenters. The van der Waals surface area contributed by atoms with Crippen molar-refractivity contribution in [1.82, 2.24) is 10.2 Å². The first-order valence-corrected chi connectivity index (χ1v) is 10.3. The summed E-state index contributed by atoms with van der Waals surface area (Å²) in [5, 5.41) is 6.50. The molecule has 0 aromatic heterocycles. The van der Waals surface area contributed by atoms with Crippen molar-refractivity contribution in [2.45, 2.75) is 59.0 Å². The fourth-order valence-electron chi connectivity index (χ4n) is 5.22. The summed E-state index contributed by atoms with van der Waals surface area (Å²) in [6, 6.07) is 3.71. The van der Waals surface area contributed by atoms with Gasteiger partial charge in [-0.25, -0.2) is 0 Å². The third-order valence-electron chi connectivity index (χ3n) is 6.90. The van der Waals surface area contributed by atoms with Crippen molar-refractivity contribution in [3.05, 3.63) is 28.8 Å². The number of benzene rings is 1. The first kappa shape index (κ1) is 19.1. The minimum atomic E-state index is -1.17. The molecule has 2 N–H and O–H groups in total. The second kappa shape index (κ2) is 6.41. The standard InChI is InChI=1S/C22H29N3O3/c1-6-7-10-25-19(26)15-16(20(25)27)22(24-17(15)11(2)3)14-9-8-12(4)13(5)18(14)23-21(22)28/h8-9,11,15-17,24H,6-7,10H2,1-5H3,(H,23,28). The van der Waals surface area contributed by atoms with E-state index in [9.17, 15) is 14.4 Å². The fraction of sp³-hybridized carbons (Fsp3) is 0.591. The average molecular weight is 383 g/mol. The van der Waals surface area contributed by atoms with Gasteiger partial charge in [0.25, 0.3) is 0 Å². The van der Waals surface area contributed by atoms with E-state index >= 15 is 0 Å². The molecule has 150 valence electrons. The Labute approximate surface area is 166 Å². The number of aryl methyl sites for hydroxylation is 1. The maximum absolute atomic E-state index is 13.4. The molecule has 0 aliphatic carbocycles. The van der Waals surface area contributed by atoms with Crippen LogP contribution >= 0.6 is 0 Å². The highest BCUT2D eigenvalue weighted by Gasteiger charge is 2.70. The molecule has 0 bridgehead atoms.